The molecule has 0 aliphatic carbocycles. The van der Waals surface area contributed by atoms with Crippen LogP contribution in [0.2, 0.25) is 0 Å². The Labute approximate surface area is 221 Å². The third-order valence-electron chi connectivity index (χ3n) is 5.39. The first-order valence-electron chi connectivity index (χ1n) is 11.5. The molecule has 2 aromatic carbocycles. The first kappa shape index (κ1) is 27.3. The molecule has 0 aliphatic rings. The van der Waals surface area contributed by atoms with Gasteiger partial charge in [-0.15, -0.1) is 11.3 Å². The minimum Gasteiger partial charge on any atom is -0.492 e. The number of nitro benzene ring substituents is 1. The highest BCUT2D eigenvalue weighted by Gasteiger charge is 2.25. The Morgan fingerprint density at radius 2 is 1.86 bits per heavy atom. The molecule has 36 heavy (non-hydrogen) atoms. The first-order valence-corrected chi connectivity index (χ1v) is 13.1. The molecule has 0 atom stereocenters. The van der Waals surface area contributed by atoms with Gasteiger partial charge in [-0.1, -0.05) is 13.0 Å². The number of nitrogens with one attached hydrogen (secondary N) is 1. The minimum absolute atomic E-state index is 0.0478. The van der Waals surface area contributed by atoms with Crippen molar-refractivity contribution in [3.8, 4) is 16.9 Å². The smallest absolute Gasteiger partial charge is 0.341 e. The number of ether oxygens (including phenoxy) is 2. The number of aryl methyl sites for hydroxylation is 2. The number of non-ortho nitro benzene ring substituents is 1. The summed E-state index contributed by atoms with van der Waals surface area (Å²) in [6.07, 6.45) is 1.62. The largest absolute Gasteiger partial charge is 0.492 e. The lowest BCUT2D eigenvalue weighted by molar-refractivity contribution is -0.384. The number of hydrogen-bond acceptors (Lipinski definition) is 7. The van der Waals surface area contributed by atoms with E-state index in [1.54, 1.807) is 19.1 Å². The number of rotatable bonds is 11. The van der Waals surface area contributed by atoms with Gasteiger partial charge in [-0.05, 0) is 78.0 Å². The Kier molecular flexibility index (Phi) is 9.60. The van der Waals surface area contributed by atoms with Gasteiger partial charge in [-0.2, -0.15) is 0 Å². The average molecular weight is 575 g/mol. The van der Waals surface area contributed by atoms with Gasteiger partial charge < -0.3 is 14.8 Å². The highest BCUT2D eigenvalue weighted by atomic mass is 79.9. The number of nitrogens with zero attached hydrogens (tertiary/aromatic N) is 1. The SMILES string of the molecule is CCOC(=O)c1c(NC(=O)CCCOc2ccc(CC)cc2Br)sc(C)c1-c1ccc([N+](=O)[O-])cc1. The third-order valence-corrected chi connectivity index (χ3v) is 7.03. The highest BCUT2D eigenvalue weighted by molar-refractivity contribution is 9.10. The monoisotopic (exact) mass is 574 g/mol. The Morgan fingerprint density at radius 1 is 1.14 bits per heavy atom. The maximum absolute atomic E-state index is 12.8. The summed E-state index contributed by atoms with van der Waals surface area (Å²) in [6.45, 7) is 6.15. The van der Waals surface area contributed by atoms with Gasteiger partial charge in [0.05, 0.1) is 22.6 Å². The number of anilines is 1. The fourth-order valence-electron chi connectivity index (χ4n) is 3.61. The predicted octanol–water partition coefficient (Wildman–Crippen LogP) is 6.93. The highest BCUT2D eigenvalue weighted by Crippen LogP contribution is 2.41. The number of halogens is 1. The minimum atomic E-state index is -0.561. The molecule has 0 bridgehead atoms. The van der Waals surface area contributed by atoms with E-state index in [0.29, 0.717) is 29.2 Å². The molecule has 1 aromatic heterocycles. The standard InChI is InChI=1S/C26H27BrN2O6S/c1-4-17-8-13-21(20(27)15-17)35-14-6-7-22(30)28-25-24(26(31)34-5-2)23(16(3)36-25)18-9-11-19(12-10-18)29(32)33/h8-13,15H,4-7,14H2,1-3H3,(H,28,30). The Morgan fingerprint density at radius 3 is 2.47 bits per heavy atom. The summed E-state index contributed by atoms with van der Waals surface area (Å²) in [6, 6.07) is 11.9. The number of thiophene rings is 1. The number of hydrogen-bond donors (Lipinski definition) is 1. The van der Waals surface area contributed by atoms with Crippen LogP contribution < -0.4 is 10.1 Å². The van der Waals surface area contributed by atoms with Crippen LogP contribution in [0.25, 0.3) is 11.1 Å². The van der Waals surface area contributed by atoms with Crippen molar-refractivity contribution in [2.45, 2.75) is 40.0 Å². The van der Waals surface area contributed by atoms with Crippen molar-refractivity contribution in [3.63, 3.8) is 0 Å². The molecule has 3 rings (SSSR count). The fourth-order valence-corrected chi connectivity index (χ4v) is 5.23. The van der Waals surface area contributed by atoms with E-state index in [-0.39, 0.29) is 30.2 Å². The molecule has 1 heterocycles. The molecule has 1 N–H and O–H groups in total. The normalized spacial score (nSPS) is 10.7. The van der Waals surface area contributed by atoms with Crippen molar-refractivity contribution in [2.75, 3.05) is 18.5 Å². The lowest BCUT2D eigenvalue weighted by Gasteiger charge is -2.10. The zero-order chi connectivity index (χ0) is 26.2. The first-order chi connectivity index (χ1) is 17.2. The van der Waals surface area contributed by atoms with Crippen molar-refractivity contribution in [2.24, 2.45) is 0 Å². The van der Waals surface area contributed by atoms with Crippen LogP contribution in [0.15, 0.2) is 46.9 Å². The van der Waals surface area contributed by atoms with Gasteiger partial charge in [0.25, 0.3) is 5.69 Å². The Bertz CT molecular complexity index is 1260. The molecular formula is C26H27BrN2O6S. The molecule has 0 saturated carbocycles. The second-order valence-electron chi connectivity index (χ2n) is 7.88. The van der Waals surface area contributed by atoms with Gasteiger partial charge in [0.2, 0.25) is 5.91 Å². The van der Waals surface area contributed by atoms with Crippen molar-refractivity contribution in [3.05, 3.63) is 73.1 Å². The summed E-state index contributed by atoms with van der Waals surface area (Å²) in [5.74, 6) is -0.0888. The van der Waals surface area contributed by atoms with E-state index in [2.05, 4.69) is 28.2 Å². The summed E-state index contributed by atoms with van der Waals surface area (Å²) in [5.41, 5.74) is 2.62. The molecule has 190 valence electrons. The zero-order valence-electron chi connectivity index (χ0n) is 20.3. The molecule has 8 nitrogen and oxygen atoms in total. The molecular weight excluding hydrogens is 548 g/mol. The van der Waals surface area contributed by atoms with Crippen molar-refractivity contribution in [1.29, 1.82) is 0 Å². The molecule has 0 saturated heterocycles. The van der Waals surface area contributed by atoms with E-state index in [4.69, 9.17) is 9.47 Å². The lowest BCUT2D eigenvalue weighted by atomic mass is 10.0. The van der Waals surface area contributed by atoms with Crippen molar-refractivity contribution < 1.29 is 24.0 Å². The second-order valence-corrected chi connectivity index (χ2v) is 9.96. The van der Waals surface area contributed by atoms with Gasteiger partial charge >= 0.3 is 5.97 Å². The van der Waals surface area contributed by atoms with Gasteiger partial charge in [0, 0.05) is 29.0 Å². The summed E-state index contributed by atoms with van der Waals surface area (Å²) >= 11 is 4.77. The van der Waals surface area contributed by atoms with Gasteiger partial charge in [-0.3, -0.25) is 14.9 Å². The van der Waals surface area contributed by atoms with Crippen molar-refractivity contribution in [1.82, 2.24) is 0 Å². The van der Waals surface area contributed by atoms with E-state index < -0.39 is 10.9 Å². The average Bonchev–Trinajstić information content (AvgIpc) is 3.18. The summed E-state index contributed by atoms with van der Waals surface area (Å²) in [7, 11) is 0. The third kappa shape index (κ3) is 6.70. The maximum Gasteiger partial charge on any atom is 0.341 e. The van der Waals surface area contributed by atoms with E-state index >= 15 is 0 Å². The van der Waals surface area contributed by atoms with E-state index in [1.807, 2.05) is 25.1 Å². The lowest BCUT2D eigenvalue weighted by Crippen LogP contribution is -2.15. The number of amides is 1. The molecule has 0 aliphatic heterocycles. The quantitative estimate of drug-likeness (QED) is 0.115. The molecule has 1 amide bonds. The number of benzene rings is 2. The topological polar surface area (TPSA) is 108 Å². The van der Waals surface area contributed by atoms with Crippen LogP contribution >= 0.6 is 27.3 Å². The van der Waals surface area contributed by atoms with Crippen LogP contribution in [0.3, 0.4) is 0 Å². The number of esters is 1. The predicted molar refractivity (Wildman–Crippen MR) is 144 cm³/mol. The Hall–Kier alpha value is -3.24. The van der Waals surface area contributed by atoms with Crippen LogP contribution in [0.5, 0.6) is 5.75 Å². The fraction of sp³-hybridized carbons (Fsp3) is 0.308. The van der Waals surface area contributed by atoms with Crippen LogP contribution in [-0.4, -0.2) is 30.0 Å². The molecule has 0 fully saturated rings. The molecule has 3 aromatic rings. The van der Waals surface area contributed by atoms with E-state index in [9.17, 15) is 19.7 Å². The summed E-state index contributed by atoms with van der Waals surface area (Å²) in [4.78, 5) is 36.8. The number of carbonyl (C=O) groups excluding carboxylic acids is 2. The second kappa shape index (κ2) is 12.6. The van der Waals surface area contributed by atoms with E-state index in [0.717, 1.165) is 21.5 Å². The molecule has 0 spiro atoms. The van der Waals surface area contributed by atoms with Crippen LogP contribution in [0.4, 0.5) is 10.7 Å². The van der Waals surface area contributed by atoms with Gasteiger partial charge in [0.15, 0.2) is 0 Å². The van der Waals surface area contributed by atoms with Crippen molar-refractivity contribution >= 4 is 49.8 Å². The molecule has 0 unspecified atom stereocenters. The summed E-state index contributed by atoms with van der Waals surface area (Å²) in [5, 5.41) is 14.2. The summed E-state index contributed by atoms with van der Waals surface area (Å²) < 4.78 is 11.9. The van der Waals surface area contributed by atoms with E-state index in [1.165, 1.54) is 29.0 Å². The van der Waals surface area contributed by atoms with Crippen LogP contribution in [0.1, 0.15) is 47.5 Å². The molecule has 0 radical (unpaired) electrons. The van der Waals surface area contributed by atoms with Gasteiger partial charge in [0.1, 0.15) is 16.3 Å². The van der Waals surface area contributed by atoms with Gasteiger partial charge in [-0.25, -0.2) is 4.79 Å². The number of carbonyl (C=O) groups is 2. The van der Waals surface area contributed by atoms with Crippen LogP contribution in [0, 0.1) is 17.0 Å². The Balaban J connectivity index is 1.71. The molecule has 10 heteroatoms. The van der Waals surface area contributed by atoms with Crippen LogP contribution in [-0.2, 0) is 16.0 Å². The maximum atomic E-state index is 12.8. The number of nitro groups is 1. The zero-order valence-corrected chi connectivity index (χ0v) is 22.7.